The van der Waals surface area contributed by atoms with Crippen LogP contribution in [0.5, 0.6) is 0 Å². The molecule has 1 atom stereocenters. The van der Waals surface area contributed by atoms with Crippen molar-refractivity contribution in [2.75, 3.05) is 32.8 Å². The van der Waals surface area contributed by atoms with E-state index in [9.17, 15) is 13.6 Å². The van der Waals surface area contributed by atoms with Crippen molar-refractivity contribution >= 4 is 5.97 Å². The van der Waals surface area contributed by atoms with Gasteiger partial charge in [0.2, 0.25) is 0 Å². The molecule has 0 bridgehead atoms. The lowest BCUT2D eigenvalue weighted by Gasteiger charge is -2.33. The highest BCUT2D eigenvalue weighted by molar-refractivity contribution is 5.90. The lowest BCUT2D eigenvalue weighted by Crippen LogP contribution is -2.45. The predicted octanol–water partition coefficient (Wildman–Crippen LogP) is 1.87. The van der Waals surface area contributed by atoms with Crippen LogP contribution in [-0.2, 0) is 16.5 Å². The van der Waals surface area contributed by atoms with E-state index in [2.05, 4.69) is 23.8 Å². The molecule has 2 heterocycles. The van der Waals surface area contributed by atoms with E-state index in [1.165, 1.54) is 7.05 Å². The molecule has 0 aliphatic carbocycles. The van der Waals surface area contributed by atoms with Crippen molar-refractivity contribution in [3.8, 4) is 0 Å². The van der Waals surface area contributed by atoms with Crippen molar-refractivity contribution in [2.24, 2.45) is 13.0 Å². The highest BCUT2D eigenvalue weighted by atomic mass is 19.3. The minimum atomic E-state index is -2.78. The number of carbonyl (C=O) groups is 1. The van der Waals surface area contributed by atoms with E-state index >= 15 is 0 Å². The van der Waals surface area contributed by atoms with E-state index in [1.54, 1.807) is 0 Å². The van der Waals surface area contributed by atoms with Gasteiger partial charge in [0.05, 0.1) is 12.8 Å². The summed E-state index contributed by atoms with van der Waals surface area (Å²) in [5.74, 6) is -0.252. The fourth-order valence-corrected chi connectivity index (χ4v) is 2.67. The van der Waals surface area contributed by atoms with Crippen LogP contribution in [0.3, 0.4) is 0 Å². The second-order valence-electron chi connectivity index (χ2n) is 6.11. The number of carbonyl (C=O) groups excluding carboxylic acids is 1. The monoisotopic (exact) mass is 331 g/mol. The number of ether oxygens (including phenoxy) is 2. The molecule has 0 amide bonds. The zero-order chi connectivity index (χ0) is 17.0. The topological polar surface area (TPSA) is 56.6 Å². The molecule has 1 aliphatic rings. The first-order valence-electron chi connectivity index (χ1n) is 7.69. The summed E-state index contributed by atoms with van der Waals surface area (Å²) in [6, 6.07) is 0. The molecule has 8 heteroatoms. The van der Waals surface area contributed by atoms with Gasteiger partial charge in [-0.3, -0.25) is 9.58 Å². The molecule has 0 unspecified atom stereocenters. The Morgan fingerprint density at radius 2 is 2.26 bits per heavy atom. The number of hydrogen-bond donors (Lipinski definition) is 0. The van der Waals surface area contributed by atoms with Gasteiger partial charge in [-0.05, 0) is 5.92 Å². The second-order valence-corrected chi connectivity index (χ2v) is 6.11. The molecular weight excluding hydrogens is 308 g/mol. The molecule has 0 spiro atoms. The molecule has 1 aromatic heterocycles. The van der Waals surface area contributed by atoms with Crippen molar-refractivity contribution in [3.05, 3.63) is 17.5 Å². The molecule has 1 aromatic rings. The summed E-state index contributed by atoms with van der Waals surface area (Å²) in [6.07, 6.45) is -1.91. The van der Waals surface area contributed by atoms with E-state index in [0.717, 1.165) is 24.0 Å². The zero-order valence-electron chi connectivity index (χ0n) is 13.7. The van der Waals surface area contributed by atoms with Gasteiger partial charge in [-0.15, -0.1) is 0 Å². The SMILES string of the molecule is CC(C)CN1CCO[C@@H](COC(=O)c2cnn(C)c2C(F)F)C1. The number of esters is 1. The molecule has 0 N–H and O–H groups in total. The van der Waals surface area contributed by atoms with Crippen LogP contribution in [0.2, 0.25) is 0 Å². The molecule has 130 valence electrons. The van der Waals surface area contributed by atoms with Crippen molar-refractivity contribution in [3.63, 3.8) is 0 Å². The number of halogens is 2. The average molecular weight is 331 g/mol. The highest BCUT2D eigenvalue weighted by Crippen LogP contribution is 2.22. The molecule has 0 aromatic carbocycles. The Labute approximate surface area is 134 Å². The molecular formula is C15H23F2N3O3. The highest BCUT2D eigenvalue weighted by Gasteiger charge is 2.26. The molecule has 1 aliphatic heterocycles. The van der Waals surface area contributed by atoms with Crippen LogP contribution < -0.4 is 0 Å². The first kappa shape index (κ1) is 17.8. The third-order valence-corrected chi connectivity index (χ3v) is 3.66. The van der Waals surface area contributed by atoms with Gasteiger partial charge in [-0.2, -0.15) is 5.10 Å². The van der Waals surface area contributed by atoms with Crippen LogP contribution in [0.15, 0.2) is 6.20 Å². The van der Waals surface area contributed by atoms with Crippen LogP contribution in [0.4, 0.5) is 8.78 Å². The zero-order valence-corrected chi connectivity index (χ0v) is 13.7. The fraction of sp³-hybridized carbons (Fsp3) is 0.733. The normalized spacial score (nSPS) is 19.5. The quantitative estimate of drug-likeness (QED) is 0.745. The Kier molecular flexibility index (Phi) is 6.06. The van der Waals surface area contributed by atoms with Crippen LogP contribution >= 0.6 is 0 Å². The Bertz CT molecular complexity index is 534. The number of alkyl halides is 2. The fourth-order valence-electron chi connectivity index (χ4n) is 2.67. The number of hydrogen-bond acceptors (Lipinski definition) is 5. The molecule has 1 fully saturated rings. The van der Waals surface area contributed by atoms with Crippen LogP contribution in [0.1, 0.15) is 36.3 Å². The average Bonchev–Trinajstić information content (AvgIpc) is 2.86. The number of rotatable bonds is 6. The van der Waals surface area contributed by atoms with Crippen LogP contribution in [0, 0.1) is 5.92 Å². The maximum Gasteiger partial charge on any atom is 0.341 e. The number of nitrogens with zero attached hydrogens (tertiary/aromatic N) is 3. The van der Waals surface area contributed by atoms with E-state index < -0.39 is 18.1 Å². The van der Waals surface area contributed by atoms with E-state index in [4.69, 9.17) is 9.47 Å². The van der Waals surface area contributed by atoms with E-state index in [0.29, 0.717) is 19.1 Å². The largest absolute Gasteiger partial charge is 0.459 e. The summed E-state index contributed by atoms with van der Waals surface area (Å²) in [7, 11) is 1.37. The third-order valence-electron chi connectivity index (χ3n) is 3.66. The Morgan fingerprint density at radius 3 is 2.91 bits per heavy atom. The number of aryl methyl sites for hydroxylation is 1. The third kappa shape index (κ3) is 4.71. The van der Waals surface area contributed by atoms with Gasteiger partial charge in [0.15, 0.2) is 0 Å². The maximum absolute atomic E-state index is 12.9. The first-order chi connectivity index (χ1) is 10.9. The molecule has 0 saturated carbocycles. The van der Waals surface area contributed by atoms with Gasteiger partial charge in [-0.1, -0.05) is 13.8 Å². The predicted molar refractivity (Wildman–Crippen MR) is 79.5 cm³/mol. The summed E-state index contributed by atoms with van der Waals surface area (Å²) < 4.78 is 37.6. The number of morpholine rings is 1. The van der Waals surface area contributed by atoms with Crippen molar-refractivity contribution in [1.29, 1.82) is 0 Å². The van der Waals surface area contributed by atoms with Gasteiger partial charge in [0.25, 0.3) is 6.43 Å². The van der Waals surface area contributed by atoms with Crippen LogP contribution in [0.25, 0.3) is 0 Å². The Morgan fingerprint density at radius 1 is 1.52 bits per heavy atom. The lowest BCUT2D eigenvalue weighted by atomic mass is 10.2. The molecule has 2 rings (SSSR count). The summed E-state index contributed by atoms with van der Waals surface area (Å²) in [6.45, 7) is 7.36. The summed E-state index contributed by atoms with van der Waals surface area (Å²) in [5, 5.41) is 3.69. The second kappa shape index (κ2) is 7.83. The van der Waals surface area contributed by atoms with E-state index in [-0.39, 0.29) is 18.3 Å². The Balaban J connectivity index is 1.89. The minimum absolute atomic E-state index is 0.0466. The van der Waals surface area contributed by atoms with Gasteiger partial charge < -0.3 is 9.47 Å². The minimum Gasteiger partial charge on any atom is -0.459 e. The smallest absolute Gasteiger partial charge is 0.341 e. The molecule has 0 radical (unpaired) electrons. The number of aromatic nitrogens is 2. The standard InChI is InChI=1S/C15H23F2N3O3/c1-10(2)7-20-4-5-22-11(8-20)9-23-15(21)12-6-18-19(3)13(12)14(16)17/h6,10-11,14H,4-5,7-9H2,1-3H3/t11-/m1/s1. The van der Waals surface area contributed by atoms with Gasteiger partial charge >= 0.3 is 5.97 Å². The van der Waals surface area contributed by atoms with Gasteiger partial charge in [-0.25, -0.2) is 13.6 Å². The van der Waals surface area contributed by atoms with Gasteiger partial charge in [0.1, 0.15) is 24.0 Å². The lowest BCUT2D eigenvalue weighted by molar-refractivity contribution is -0.0613. The first-order valence-corrected chi connectivity index (χ1v) is 7.69. The molecule has 1 saturated heterocycles. The van der Waals surface area contributed by atoms with Crippen LogP contribution in [-0.4, -0.2) is 59.6 Å². The summed E-state index contributed by atoms with van der Waals surface area (Å²) in [4.78, 5) is 14.3. The van der Waals surface area contributed by atoms with E-state index in [1.807, 2.05) is 0 Å². The molecule has 6 nitrogen and oxygen atoms in total. The van der Waals surface area contributed by atoms with Crippen molar-refractivity contribution in [1.82, 2.24) is 14.7 Å². The maximum atomic E-state index is 12.9. The Hall–Kier alpha value is -1.54. The van der Waals surface area contributed by atoms with Crippen molar-refractivity contribution < 1.29 is 23.0 Å². The van der Waals surface area contributed by atoms with Gasteiger partial charge in [0, 0.05) is 26.7 Å². The summed E-state index contributed by atoms with van der Waals surface area (Å²) >= 11 is 0. The molecule has 23 heavy (non-hydrogen) atoms. The summed E-state index contributed by atoms with van der Waals surface area (Å²) in [5.41, 5.74) is -0.627. The van der Waals surface area contributed by atoms with Crippen molar-refractivity contribution in [2.45, 2.75) is 26.4 Å².